The Morgan fingerprint density at radius 3 is 2.54 bits per heavy atom. The summed E-state index contributed by atoms with van der Waals surface area (Å²) in [5.74, 6) is -0.365. The van der Waals surface area contributed by atoms with E-state index in [1.807, 2.05) is 0 Å². The van der Waals surface area contributed by atoms with E-state index in [1.165, 1.54) is 24.3 Å². The maximum atomic E-state index is 13.4. The molecule has 0 saturated carbocycles. The number of amides is 1. The molecule has 28 heavy (non-hydrogen) atoms. The smallest absolute Gasteiger partial charge is 0.438 e. The molecule has 0 spiro atoms. The number of hydrogen-bond donors (Lipinski definition) is 1. The third-order valence-corrected chi connectivity index (χ3v) is 4.52. The van der Waals surface area contributed by atoms with E-state index in [-0.39, 0.29) is 27.1 Å². The van der Waals surface area contributed by atoms with Crippen LogP contribution in [0.3, 0.4) is 0 Å². The molecule has 0 aliphatic rings. The normalized spacial score (nSPS) is 11.3. The first kappa shape index (κ1) is 21.8. The molecule has 2 aromatic rings. The minimum Gasteiger partial charge on any atom is -0.488 e. The Balaban J connectivity index is 2.42. The molecule has 0 saturated heterocycles. The molecule has 152 valence electrons. The van der Waals surface area contributed by atoms with Crippen LogP contribution in [0, 0.1) is 6.92 Å². The number of methoxy groups -OCH3 is 1. The number of halogens is 4. The van der Waals surface area contributed by atoms with Crippen LogP contribution in [0.5, 0.6) is 5.75 Å². The van der Waals surface area contributed by atoms with Crippen LogP contribution in [0.2, 0.25) is 5.02 Å². The van der Waals surface area contributed by atoms with Crippen LogP contribution in [-0.2, 0) is 23.9 Å². The number of ether oxygens (including phenoxy) is 2. The Morgan fingerprint density at radius 1 is 1.29 bits per heavy atom. The fourth-order valence-corrected chi connectivity index (χ4v) is 2.90. The Hall–Kier alpha value is -2.45. The highest BCUT2D eigenvalue weighted by Crippen LogP contribution is 2.39. The molecule has 0 aliphatic carbocycles. The van der Waals surface area contributed by atoms with E-state index in [9.17, 15) is 23.2 Å². The van der Waals surface area contributed by atoms with E-state index < -0.39 is 24.4 Å². The van der Waals surface area contributed by atoms with Gasteiger partial charge in [-0.15, -0.1) is 0 Å². The van der Waals surface area contributed by atoms with Gasteiger partial charge in [0.1, 0.15) is 12.4 Å². The lowest BCUT2D eigenvalue weighted by atomic mass is 10.0. The van der Waals surface area contributed by atoms with Gasteiger partial charge in [-0.2, -0.15) is 18.2 Å². The monoisotopic (exact) mass is 417 g/mol. The fourth-order valence-electron chi connectivity index (χ4n) is 2.67. The number of rotatable bonds is 5. The minimum absolute atomic E-state index is 0.0604. The molecule has 0 unspecified atom stereocenters. The van der Waals surface area contributed by atoms with Crippen molar-refractivity contribution in [1.82, 2.24) is 0 Å². The first-order valence-electron chi connectivity index (χ1n) is 8.28. The van der Waals surface area contributed by atoms with Gasteiger partial charge < -0.3 is 9.47 Å². The molecule has 0 fully saturated rings. The predicted molar refractivity (Wildman–Crippen MR) is 98.0 cm³/mol. The number of carbonyl (C=O) groups excluding carboxylic acids is 1. The van der Waals surface area contributed by atoms with Crippen molar-refractivity contribution in [2.45, 2.75) is 33.1 Å². The summed E-state index contributed by atoms with van der Waals surface area (Å²) in [6.45, 7) is 3.05. The van der Waals surface area contributed by atoms with Gasteiger partial charge in [0.25, 0.3) is 0 Å². The van der Waals surface area contributed by atoms with Crippen molar-refractivity contribution in [2.24, 2.45) is 0 Å². The zero-order valence-corrected chi connectivity index (χ0v) is 16.2. The number of nitrogens with zero attached hydrogens (tertiary/aromatic N) is 1. The summed E-state index contributed by atoms with van der Waals surface area (Å²) in [5.41, 5.74) is 0.378. The Kier molecular flexibility index (Phi) is 6.79. The highest BCUT2D eigenvalue weighted by molar-refractivity contribution is 6.31. The van der Waals surface area contributed by atoms with Crippen LogP contribution in [0.1, 0.15) is 29.2 Å². The zero-order valence-electron chi connectivity index (χ0n) is 15.4. The van der Waals surface area contributed by atoms with Gasteiger partial charge in [-0.1, -0.05) is 24.6 Å². The molecule has 0 radical (unpaired) electrons. The maximum absolute atomic E-state index is 13.4. The van der Waals surface area contributed by atoms with Crippen LogP contribution in [0.15, 0.2) is 30.3 Å². The molecular weight excluding hydrogens is 399 g/mol. The predicted octanol–water partition coefficient (Wildman–Crippen LogP) is 5.77. The first-order valence-corrected chi connectivity index (χ1v) is 8.65. The summed E-state index contributed by atoms with van der Waals surface area (Å²) >= 11 is 6.10. The number of alkyl halides is 3. The second-order valence-electron chi connectivity index (χ2n) is 5.93. The van der Waals surface area contributed by atoms with E-state index in [1.54, 1.807) is 13.8 Å². The summed E-state index contributed by atoms with van der Waals surface area (Å²) in [6, 6.07) is 6.66. The van der Waals surface area contributed by atoms with E-state index in [0.29, 0.717) is 17.5 Å². The fraction of sp³-hybridized carbons (Fsp3) is 0.316. The van der Waals surface area contributed by atoms with Crippen LogP contribution in [-0.4, -0.2) is 18.4 Å². The molecule has 0 aromatic heterocycles. The third-order valence-electron chi connectivity index (χ3n) is 4.17. The topological polar surface area (TPSA) is 59.0 Å². The van der Waals surface area contributed by atoms with Crippen molar-refractivity contribution in [2.75, 3.05) is 12.2 Å². The van der Waals surface area contributed by atoms with Gasteiger partial charge in [-0.3, -0.25) is 5.21 Å². The van der Waals surface area contributed by atoms with E-state index in [0.717, 1.165) is 13.2 Å². The number of benzene rings is 2. The Labute approximate surface area is 165 Å². The van der Waals surface area contributed by atoms with Crippen LogP contribution >= 0.6 is 11.6 Å². The Bertz CT molecular complexity index is 871. The summed E-state index contributed by atoms with van der Waals surface area (Å²) in [5, 5.41) is 10.3. The lowest BCUT2D eigenvalue weighted by Crippen LogP contribution is -2.28. The van der Waals surface area contributed by atoms with Gasteiger partial charge in [-0.25, -0.2) is 4.79 Å². The minimum atomic E-state index is -4.61. The van der Waals surface area contributed by atoms with Gasteiger partial charge in [0.05, 0.1) is 18.4 Å². The molecule has 1 N–H and O–H groups in total. The molecule has 2 aromatic carbocycles. The van der Waals surface area contributed by atoms with Gasteiger partial charge in [0, 0.05) is 10.6 Å². The molecular formula is C19H19ClF3NO4. The maximum Gasteiger partial charge on any atom is 0.438 e. The SMILES string of the molecule is CCc1cc(C(F)(F)F)c(OCc2c(Cl)cccc2N(O)C(=O)OC)cc1C. The lowest BCUT2D eigenvalue weighted by molar-refractivity contribution is -0.139. The number of aryl methyl sites for hydroxylation is 2. The van der Waals surface area contributed by atoms with E-state index in [2.05, 4.69) is 4.74 Å². The quantitative estimate of drug-likeness (QED) is 0.495. The number of anilines is 1. The molecule has 9 heteroatoms. The average molecular weight is 418 g/mol. The highest BCUT2D eigenvalue weighted by Gasteiger charge is 2.35. The molecule has 2 rings (SSSR count). The Morgan fingerprint density at radius 2 is 1.96 bits per heavy atom. The molecule has 0 bridgehead atoms. The number of hydroxylamine groups is 1. The van der Waals surface area contributed by atoms with Gasteiger partial charge in [0.15, 0.2) is 0 Å². The largest absolute Gasteiger partial charge is 0.488 e. The second kappa shape index (κ2) is 8.70. The second-order valence-corrected chi connectivity index (χ2v) is 6.34. The van der Waals surface area contributed by atoms with Gasteiger partial charge >= 0.3 is 12.3 Å². The zero-order chi connectivity index (χ0) is 21.1. The molecule has 1 amide bonds. The van der Waals surface area contributed by atoms with Crippen molar-refractivity contribution in [3.63, 3.8) is 0 Å². The van der Waals surface area contributed by atoms with Crippen LogP contribution in [0.25, 0.3) is 0 Å². The molecule has 5 nitrogen and oxygen atoms in total. The van der Waals surface area contributed by atoms with E-state index >= 15 is 0 Å². The van der Waals surface area contributed by atoms with Crippen molar-refractivity contribution in [3.8, 4) is 5.75 Å². The van der Waals surface area contributed by atoms with E-state index in [4.69, 9.17) is 16.3 Å². The number of carbonyl (C=O) groups is 1. The van der Waals surface area contributed by atoms with Crippen LogP contribution < -0.4 is 9.80 Å². The first-order chi connectivity index (χ1) is 13.1. The summed E-state index contributed by atoms with van der Waals surface area (Å²) in [6.07, 6.45) is -5.24. The number of hydrogen-bond acceptors (Lipinski definition) is 4. The molecule has 0 atom stereocenters. The summed E-state index contributed by atoms with van der Waals surface area (Å²) in [7, 11) is 1.07. The third kappa shape index (κ3) is 4.69. The molecule has 0 aliphatic heterocycles. The standard InChI is InChI=1S/C19H19ClF3NO4/c1-4-12-9-14(19(21,22)23)17(8-11(12)2)28-10-13-15(20)6-5-7-16(13)24(26)18(25)27-3/h5-9,26H,4,10H2,1-3H3. The molecule has 0 heterocycles. The van der Waals surface area contributed by atoms with Gasteiger partial charge in [-0.05, 0) is 48.7 Å². The average Bonchev–Trinajstić information content (AvgIpc) is 2.64. The lowest BCUT2D eigenvalue weighted by Gasteiger charge is -2.20. The highest BCUT2D eigenvalue weighted by atomic mass is 35.5. The van der Waals surface area contributed by atoms with Crippen molar-refractivity contribution in [3.05, 3.63) is 57.6 Å². The van der Waals surface area contributed by atoms with Crippen molar-refractivity contribution < 1.29 is 32.6 Å². The summed E-state index contributed by atoms with van der Waals surface area (Å²) in [4.78, 5) is 11.6. The van der Waals surface area contributed by atoms with Crippen LogP contribution in [0.4, 0.5) is 23.7 Å². The summed E-state index contributed by atoms with van der Waals surface area (Å²) < 4.78 is 50.2. The van der Waals surface area contributed by atoms with Crippen molar-refractivity contribution >= 4 is 23.4 Å². The van der Waals surface area contributed by atoms with Gasteiger partial charge in [0.2, 0.25) is 0 Å². The van der Waals surface area contributed by atoms with Crippen molar-refractivity contribution in [1.29, 1.82) is 0 Å².